The molecule has 1 aromatic carbocycles. The molecule has 0 aromatic heterocycles. The molecule has 2 nitrogen and oxygen atoms in total. The van der Waals surface area contributed by atoms with Gasteiger partial charge in [0.05, 0.1) is 0 Å². The van der Waals surface area contributed by atoms with Crippen LogP contribution in [0.2, 0.25) is 0 Å². The largest absolute Gasteiger partial charge is 0.382 e. The van der Waals surface area contributed by atoms with Crippen molar-refractivity contribution in [2.45, 2.75) is 32.7 Å². The van der Waals surface area contributed by atoms with Crippen LogP contribution in [0, 0.1) is 18.7 Å². The standard InChI is InChI=1S/C14H21FN2/c1-10-9-13(3-4-14(10)15)17-11(2)12-5-7-16-8-6-12/h3-4,9,11-12,16-17H,5-8H2,1-2H3. The Morgan fingerprint density at radius 3 is 2.71 bits per heavy atom. The number of benzene rings is 1. The molecule has 2 rings (SSSR count). The fraction of sp³-hybridized carbons (Fsp3) is 0.571. The van der Waals surface area contributed by atoms with Gasteiger partial charge >= 0.3 is 0 Å². The Labute approximate surface area is 103 Å². The molecule has 1 aliphatic heterocycles. The molecule has 0 saturated carbocycles. The Bertz CT molecular complexity index is 372. The van der Waals surface area contributed by atoms with Crippen LogP contribution in [-0.4, -0.2) is 19.1 Å². The molecule has 1 aromatic rings. The molecule has 94 valence electrons. The first-order valence-electron chi connectivity index (χ1n) is 6.40. The van der Waals surface area contributed by atoms with Gasteiger partial charge in [0.25, 0.3) is 0 Å². The highest BCUT2D eigenvalue weighted by Crippen LogP contribution is 2.21. The zero-order chi connectivity index (χ0) is 12.3. The van der Waals surface area contributed by atoms with Crippen LogP contribution in [0.1, 0.15) is 25.3 Å². The number of hydrogen-bond donors (Lipinski definition) is 2. The van der Waals surface area contributed by atoms with Crippen LogP contribution in [-0.2, 0) is 0 Å². The Balaban J connectivity index is 1.96. The van der Waals surface area contributed by atoms with Crippen molar-refractivity contribution in [2.75, 3.05) is 18.4 Å². The molecule has 2 N–H and O–H groups in total. The molecule has 0 amide bonds. The van der Waals surface area contributed by atoms with E-state index in [0.717, 1.165) is 18.8 Å². The Hall–Kier alpha value is -1.09. The predicted octanol–water partition coefficient (Wildman–Crippen LogP) is 2.93. The average molecular weight is 236 g/mol. The third-order valence-corrected chi connectivity index (χ3v) is 3.64. The number of halogens is 1. The smallest absolute Gasteiger partial charge is 0.126 e. The van der Waals surface area contributed by atoms with E-state index in [4.69, 9.17) is 0 Å². The number of nitrogens with one attached hydrogen (secondary N) is 2. The molecular formula is C14H21FN2. The van der Waals surface area contributed by atoms with Crippen molar-refractivity contribution in [3.63, 3.8) is 0 Å². The summed E-state index contributed by atoms with van der Waals surface area (Å²) in [5.41, 5.74) is 1.72. The molecule has 1 fully saturated rings. The topological polar surface area (TPSA) is 24.1 Å². The second kappa shape index (κ2) is 5.50. The van der Waals surface area contributed by atoms with Crippen molar-refractivity contribution in [3.05, 3.63) is 29.6 Å². The third kappa shape index (κ3) is 3.19. The van der Waals surface area contributed by atoms with E-state index in [1.165, 1.54) is 18.9 Å². The van der Waals surface area contributed by atoms with Gasteiger partial charge in [0.2, 0.25) is 0 Å². The average Bonchev–Trinajstić information content (AvgIpc) is 2.35. The first-order chi connectivity index (χ1) is 8.16. The summed E-state index contributed by atoms with van der Waals surface area (Å²) in [6, 6.07) is 5.68. The molecule has 0 spiro atoms. The maximum atomic E-state index is 13.2. The first kappa shape index (κ1) is 12.4. The summed E-state index contributed by atoms with van der Waals surface area (Å²) in [6.45, 7) is 6.24. The lowest BCUT2D eigenvalue weighted by Crippen LogP contribution is -2.36. The van der Waals surface area contributed by atoms with E-state index in [9.17, 15) is 4.39 Å². The molecule has 1 unspecified atom stereocenters. The predicted molar refractivity (Wildman–Crippen MR) is 69.8 cm³/mol. The maximum absolute atomic E-state index is 13.2. The van der Waals surface area contributed by atoms with E-state index < -0.39 is 0 Å². The number of anilines is 1. The molecule has 0 radical (unpaired) electrons. The van der Waals surface area contributed by atoms with Crippen LogP contribution >= 0.6 is 0 Å². The van der Waals surface area contributed by atoms with Gasteiger partial charge in [-0.3, -0.25) is 0 Å². The van der Waals surface area contributed by atoms with Crippen molar-refractivity contribution >= 4 is 5.69 Å². The van der Waals surface area contributed by atoms with E-state index in [1.807, 2.05) is 12.1 Å². The summed E-state index contributed by atoms with van der Waals surface area (Å²) >= 11 is 0. The minimum atomic E-state index is -0.134. The number of rotatable bonds is 3. The second-order valence-corrected chi connectivity index (χ2v) is 4.98. The lowest BCUT2D eigenvalue weighted by Gasteiger charge is -2.29. The molecule has 0 aliphatic carbocycles. The fourth-order valence-corrected chi connectivity index (χ4v) is 2.46. The van der Waals surface area contributed by atoms with E-state index in [2.05, 4.69) is 17.6 Å². The zero-order valence-electron chi connectivity index (χ0n) is 10.6. The van der Waals surface area contributed by atoms with Gasteiger partial charge in [0.15, 0.2) is 0 Å². The van der Waals surface area contributed by atoms with Crippen molar-refractivity contribution in [1.29, 1.82) is 0 Å². The molecule has 1 saturated heterocycles. The molecule has 1 heterocycles. The van der Waals surface area contributed by atoms with Gasteiger partial charge in [-0.25, -0.2) is 4.39 Å². The van der Waals surface area contributed by atoms with Crippen LogP contribution in [0.4, 0.5) is 10.1 Å². The fourth-order valence-electron chi connectivity index (χ4n) is 2.46. The Kier molecular flexibility index (Phi) is 4.00. The van der Waals surface area contributed by atoms with Gasteiger partial charge < -0.3 is 10.6 Å². The summed E-state index contributed by atoms with van der Waals surface area (Å²) in [6.07, 6.45) is 2.43. The van der Waals surface area contributed by atoms with Gasteiger partial charge in [-0.1, -0.05) is 0 Å². The maximum Gasteiger partial charge on any atom is 0.126 e. The molecule has 1 atom stereocenters. The van der Waals surface area contributed by atoms with Gasteiger partial charge in [0.1, 0.15) is 5.82 Å². The van der Waals surface area contributed by atoms with E-state index in [0.29, 0.717) is 17.5 Å². The summed E-state index contributed by atoms with van der Waals surface area (Å²) in [4.78, 5) is 0. The summed E-state index contributed by atoms with van der Waals surface area (Å²) in [7, 11) is 0. The number of hydrogen-bond acceptors (Lipinski definition) is 2. The van der Waals surface area contributed by atoms with Gasteiger partial charge in [-0.2, -0.15) is 0 Å². The molecule has 3 heteroatoms. The minimum Gasteiger partial charge on any atom is -0.382 e. The van der Waals surface area contributed by atoms with Crippen LogP contribution in [0.3, 0.4) is 0 Å². The SMILES string of the molecule is Cc1cc(NC(C)C2CCNCC2)ccc1F. The van der Waals surface area contributed by atoms with Gasteiger partial charge in [-0.15, -0.1) is 0 Å². The highest BCUT2D eigenvalue weighted by atomic mass is 19.1. The highest BCUT2D eigenvalue weighted by molar-refractivity contribution is 5.46. The monoisotopic (exact) mass is 236 g/mol. The van der Waals surface area contributed by atoms with Crippen molar-refractivity contribution < 1.29 is 4.39 Å². The van der Waals surface area contributed by atoms with Crippen molar-refractivity contribution in [2.24, 2.45) is 5.92 Å². The number of piperidine rings is 1. The van der Waals surface area contributed by atoms with E-state index in [-0.39, 0.29) is 5.82 Å². The highest BCUT2D eigenvalue weighted by Gasteiger charge is 2.19. The Morgan fingerprint density at radius 2 is 2.06 bits per heavy atom. The molecule has 1 aliphatic rings. The molecule has 0 bridgehead atoms. The van der Waals surface area contributed by atoms with Crippen LogP contribution in [0.5, 0.6) is 0 Å². The van der Waals surface area contributed by atoms with Crippen molar-refractivity contribution in [1.82, 2.24) is 5.32 Å². The first-order valence-corrected chi connectivity index (χ1v) is 6.40. The van der Waals surface area contributed by atoms with Crippen LogP contribution < -0.4 is 10.6 Å². The normalized spacial score (nSPS) is 19.0. The zero-order valence-corrected chi connectivity index (χ0v) is 10.6. The molecule has 17 heavy (non-hydrogen) atoms. The van der Waals surface area contributed by atoms with E-state index in [1.54, 1.807) is 6.92 Å². The van der Waals surface area contributed by atoms with Gasteiger partial charge in [-0.05, 0) is 69.5 Å². The third-order valence-electron chi connectivity index (χ3n) is 3.64. The lowest BCUT2D eigenvalue weighted by atomic mass is 9.91. The summed E-state index contributed by atoms with van der Waals surface area (Å²) in [5.74, 6) is 0.576. The van der Waals surface area contributed by atoms with Crippen LogP contribution in [0.25, 0.3) is 0 Å². The summed E-state index contributed by atoms with van der Waals surface area (Å²) < 4.78 is 13.2. The quantitative estimate of drug-likeness (QED) is 0.843. The second-order valence-electron chi connectivity index (χ2n) is 4.98. The van der Waals surface area contributed by atoms with Gasteiger partial charge in [0, 0.05) is 11.7 Å². The Morgan fingerprint density at radius 1 is 1.35 bits per heavy atom. The lowest BCUT2D eigenvalue weighted by molar-refractivity contribution is 0.343. The van der Waals surface area contributed by atoms with Crippen molar-refractivity contribution in [3.8, 4) is 0 Å². The van der Waals surface area contributed by atoms with Crippen LogP contribution in [0.15, 0.2) is 18.2 Å². The number of aryl methyl sites for hydroxylation is 1. The van der Waals surface area contributed by atoms with E-state index >= 15 is 0 Å². The minimum absolute atomic E-state index is 0.134. The summed E-state index contributed by atoms with van der Waals surface area (Å²) in [5, 5.41) is 6.86. The molecular weight excluding hydrogens is 215 g/mol.